The molecule has 1 heterocycles. The number of carbonyl (C=O) groups is 1. The molecule has 9 heteroatoms. The van der Waals surface area contributed by atoms with E-state index in [1.807, 2.05) is 18.2 Å². The number of hydrogen-bond donors (Lipinski definition) is 1. The highest BCUT2D eigenvalue weighted by molar-refractivity contribution is 6.35. The van der Waals surface area contributed by atoms with Crippen molar-refractivity contribution in [2.45, 2.75) is 13.2 Å². The van der Waals surface area contributed by atoms with E-state index >= 15 is 0 Å². The fourth-order valence-corrected chi connectivity index (χ4v) is 3.81. The van der Waals surface area contributed by atoms with E-state index in [-0.39, 0.29) is 11.7 Å². The molecule has 0 unspecified atom stereocenters. The highest BCUT2D eigenvalue weighted by Gasteiger charge is 2.13. The summed E-state index contributed by atoms with van der Waals surface area (Å²) in [5.74, 6) is 0.657. The van der Waals surface area contributed by atoms with Crippen LogP contribution in [0.5, 0.6) is 5.75 Å². The van der Waals surface area contributed by atoms with E-state index in [1.165, 1.54) is 0 Å². The van der Waals surface area contributed by atoms with Gasteiger partial charge in [0.05, 0.1) is 6.54 Å². The van der Waals surface area contributed by atoms with Crippen molar-refractivity contribution in [3.63, 3.8) is 0 Å². The number of ether oxygens (including phenoxy) is 1. The Morgan fingerprint density at radius 1 is 0.879 bits per heavy atom. The number of benzene rings is 3. The van der Waals surface area contributed by atoms with Gasteiger partial charge in [-0.15, -0.1) is 0 Å². The Kier molecular flexibility index (Phi) is 7.46. The smallest absolute Gasteiger partial charge is 0.256 e. The van der Waals surface area contributed by atoms with Crippen molar-refractivity contribution < 1.29 is 9.53 Å². The van der Waals surface area contributed by atoms with Gasteiger partial charge in [-0.05, 0) is 59.7 Å². The van der Waals surface area contributed by atoms with Crippen molar-refractivity contribution in [1.29, 1.82) is 0 Å². The second kappa shape index (κ2) is 10.5. The minimum atomic E-state index is -0.322. The second-order valence-electron chi connectivity index (χ2n) is 7.15. The molecule has 1 N–H and O–H groups in total. The van der Waals surface area contributed by atoms with Crippen molar-refractivity contribution in [3.05, 3.63) is 110 Å². The summed E-state index contributed by atoms with van der Waals surface area (Å²) in [5.41, 5.74) is 2.22. The molecule has 0 aliphatic heterocycles. The summed E-state index contributed by atoms with van der Waals surface area (Å²) < 4.78 is 7.32. The van der Waals surface area contributed by atoms with Crippen molar-refractivity contribution >= 4 is 58.1 Å². The fraction of sp³-hybridized carbons (Fsp3) is 0.0833. The van der Waals surface area contributed by atoms with Gasteiger partial charge >= 0.3 is 0 Å². The van der Waals surface area contributed by atoms with Crippen LogP contribution in [0.3, 0.4) is 0 Å². The van der Waals surface area contributed by atoms with Gasteiger partial charge in [0.2, 0.25) is 0 Å². The van der Waals surface area contributed by atoms with Gasteiger partial charge in [0.25, 0.3) is 5.91 Å². The summed E-state index contributed by atoms with van der Waals surface area (Å²) in [5, 5.41) is 9.14. The molecule has 0 spiro atoms. The number of carbonyl (C=O) groups excluding carboxylic acids is 1. The second-order valence-corrected chi connectivity index (χ2v) is 8.84. The van der Waals surface area contributed by atoms with Crippen LogP contribution in [-0.4, -0.2) is 15.7 Å². The summed E-state index contributed by atoms with van der Waals surface area (Å²) in [6, 6.07) is 19.4. The summed E-state index contributed by atoms with van der Waals surface area (Å²) in [6.45, 7) is 0.751. The Morgan fingerprint density at radius 3 is 2.27 bits per heavy atom. The lowest BCUT2D eigenvalue weighted by atomic mass is 10.1. The van der Waals surface area contributed by atoms with Crippen LogP contribution < -0.4 is 10.1 Å². The molecule has 3 aromatic carbocycles. The lowest BCUT2D eigenvalue weighted by Crippen LogP contribution is -2.13. The van der Waals surface area contributed by atoms with E-state index in [2.05, 4.69) is 10.4 Å². The first kappa shape index (κ1) is 23.5. The number of rotatable bonds is 7. The monoisotopic (exact) mass is 519 g/mol. The molecule has 33 heavy (non-hydrogen) atoms. The molecule has 1 aromatic heterocycles. The van der Waals surface area contributed by atoms with E-state index in [1.54, 1.807) is 59.4 Å². The van der Waals surface area contributed by atoms with Gasteiger partial charge in [0, 0.05) is 26.8 Å². The van der Waals surface area contributed by atoms with Crippen LogP contribution in [0, 0.1) is 0 Å². The first-order valence-electron chi connectivity index (χ1n) is 9.83. The third-order valence-electron chi connectivity index (χ3n) is 4.73. The molecular weight excluding hydrogens is 504 g/mol. The largest absolute Gasteiger partial charge is 0.489 e. The Bertz CT molecular complexity index is 1270. The summed E-state index contributed by atoms with van der Waals surface area (Å²) in [6.07, 6.45) is 1.62. The molecule has 0 radical (unpaired) electrons. The van der Waals surface area contributed by atoms with Crippen LogP contribution in [0.1, 0.15) is 21.5 Å². The molecule has 168 valence electrons. The van der Waals surface area contributed by atoms with Gasteiger partial charge in [-0.25, -0.2) is 0 Å². The van der Waals surface area contributed by atoms with E-state index in [4.69, 9.17) is 51.1 Å². The lowest BCUT2D eigenvalue weighted by molar-refractivity contribution is 0.102. The number of aromatic nitrogens is 2. The van der Waals surface area contributed by atoms with Crippen molar-refractivity contribution in [2.24, 2.45) is 0 Å². The van der Waals surface area contributed by atoms with E-state index in [0.717, 1.165) is 11.1 Å². The van der Waals surface area contributed by atoms with Gasteiger partial charge in [-0.3, -0.25) is 9.48 Å². The molecule has 0 atom stereocenters. The molecule has 0 saturated carbocycles. The quantitative estimate of drug-likeness (QED) is 0.276. The third kappa shape index (κ3) is 6.21. The lowest BCUT2D eigenvalue weighted by Gasteiger charge is -2.08. The molecule has 0 bridgehead atoms. The molecule has 1 amide bonds. The van der Waals surface area contributed by atoms with E-state index in [9.17, 15) is 4.79 Å². The maximum Gasteiger partial charge on any atom is 0.256 e. The van der Waals surface area contributed by atoms with Crippen LogP contribution in [0.25, 0.3) is 0 Å². The van der Waals surface area contributed by atoms with E-state index in [0.29, 0.717) is 44.6 Å². The highest BCUT2D eigenvalue weighted by Crippen LogP contribution is 2.25. The predicted molar refractivity (Wildman–Crippen MR) is 133 cm³/mol. The number of amides is 1. The van der Waals surface area contributed by atoms with Crippen molar-refractivity contribution in [3.8, 4) is 5.75 Å². The van der Waals surface area contributed by atoms with Gasteiger partial charge < -0.3 is 10.1 Å². The molecule has 0 saturated heterocycles. The molecule has 5 nitrogen and oxygen atoms in total. The van der Waals surface area contributed by atoms with Crippen LogP contribution in [0.4, 0.5) is 5.82 Å². The molecular formula is C24H17Cl4N3O2. The number of nitrogens with zero attached hydrogens (tertiary/aromatic N) is 2. The normalized spacial score (nSPS) is 10.8. The average Bonchev–Trinajstić information content (AvgIpc) is 3.14. The Labute approximate surface area is 210 Å². The number of hydrogen-bond acceptors (Lipinski definition) is 3. The molecule has 0 aliphatic carbocycles. The first-order valence-corrected chi connectivity index (χ1v) is 11.3. The average molecular weight is 521 g/mol. The van der Waals surface area contributed by atoms with Gasteiger partial charge in [0.15, 0.2) is 5.82 Å². The maximum atomic E-state index is 12.6. The topological polar surface area (TPSA) is 56.2 Å². The van der Waals surface area contributed by atoms with Gasteiger partial charge in [0.1, 0.15) is 17.4 Å². The van der Waals surface area contributed by atoms with E-state index < -0.39 is 0 Å². The standard InChI is InChI=1S/C24H17Cl4N3O2/c25-18-7-9-20(10-8-18)33-14-15-1-3-16(4-2-15)24(32)29-23-22(28)13-31(30-23)12-17-5-6-19(26)11-21(17)27/h1-11,13H,12,14H2,(H,29,30,32). The maximum absolute atomic E-state index is 12.6. The number of halogens is 4. The Hall–Kier alpha value is -2.70. The highest BCUT2D eigenvalue weighted by atomic mass is 35.5. The minimum Gasteiger partial charge on any atom is -0.489 e. The zero-order valence-electron chi connectivity index (χ0n) is 17.1. The van der Waals surface area contributed by atoms with Crippen molar-refractivity contribution in [1.82, 2.24) is 9.78 Å². The first-order chi connectivity index (χ1) is 15.9. The zero-order chi connectivity index (χ0) is 23.4. The SMILES string of the molecule is O=C(Nc1nn(Cc2ccc(Cl)cc2Cl)cc1Cl)c1ccc(COc2ccc(Cl)cc2)cc1. The Balaban J connectivity index is 1.37. The van der Waals surface area contributed by atoms with Gasteiger partial charge in [-0.2, -0.15) is 5.10 Å². The fourth-order valence-electron chi connectivity index (χ4n) is 3.02. The molecule has 4 aromatic rings. The minimum absolute atomic E-state index is 0.266. The number of anilines is 1. The van der Waals surface area contributed by atoms with Gasteiger partial charge in [-0.1, -0.05) is 64.6 Å². The van der Waals surface area contributed by atoms with Crippen LogP contribution in [0.2, 0.25) is 20.1 Å². The summed E-state index contributed by atoms with van der Waals surface area (Å²) in [7, 11) is 0. The molecule has 0 fully saturated rings. The summed E-state index contributed by atoms with van der Waals surface area (Å²) in [4.78, 5) is 12.6. The zero-order valence-corrected chi connectivity index (χ0v) is 20.1. The van der Waals surface area contributed by atoms with Crippen LogP contribution >= 0.6 is 46.4 Å². The van der Waals surface area contributed by atoms with Crippen molar-refractivity contribution in [2.75, 3.05) is 5.32 Å². The predicted octanol–water partition coefficient (Wildman–Crippen LogP) is 7.38. The van der Waals surface area contributed by atoms with Crippen LogP contribution in [0.15, 0.2) is 72.9 Å². The number of nitrogens with one attached hydrogen (secondary N) is 1. The molecule has 0 aliphatic rings. The van der Waals surface area contributed by atoms with Crippen LogP contribution in [-0.2, 0) is 13.2 Å². The third-order valence-corrected chi connectivity index (χ3v) is 5.85. The molecule has 4 rings (SSSR count). The summed E-state index contributed by atoms with van der Waals surface area (Å²) >= 11 is 24.3. The Morgan fingerprint density at radius 2 is 1.58 bits per heavy atom.